The lowest BCUT2D eigenvalue weighted by Gasteiger charge is -2.44. The van der Waals surface area contributed by atoms with Crippen LogP contribution in [0.3, 0.4) is 0 Å². The summed E-state index contributed by atoms with van der Waals surface area (Å²) in [5.41, 5.74) is 0.761. The van der Waals surface area contributed by atoms with Gasteiger partial charge in [0.05, 0.1) is 35.4 Å². The predicted molar refractivity (Wildman–Crippen MR) is 175 cm³/mol. The molecule has 1 amide bonds. The Kier molecular flexibility index (Phi) is 7.99. The molecule has 14 heteroatoms. The summed E-state index contributed by atoms with van der Waals surface area (Å²) in [5.74, 6) is -0.216. The molecule has 0 spiro atoms. The molecule has 0 aliphatic carbocycles. The number of aromatic nitrogens is 3. The van der Waals surface area contributed by atoms with Crippen molar-refractivity contribution in [2.24, 2.45) is 5.92 Å². The molecule has 3 aromatic heterocycles. The maximum absolute atomic E-state index is 16.9. The van der Waals surface area contributed by atoms with Crippen molar-refractivity contribution in [3.63, 3.8) is 0 Å². The molecule has 0 radical (unpaired) electrons. The molecule has 0 bridgehead atoms. The summed E-state index contributed by atoms with van der Waals surface area (Å²) in [6, 6.07) is 2.46. The number of halogens is 2. The Bertz CT molecular complexity index is 1950. The van der Waals surface area contributed by atoms with Gasteiger partial charge in [0, 0.05) is 61.3 Å². The van der Waals surface area contributed by atoms with Gasteiger partial charge < -0.3 is 19.3 Å². The fourth-order valence-corrected chi connectivity index (χ4v) is 7.95. The third-order valence-electron chi connectivity index (χ3n) is 8.89. The van der Waals surface area contributed by atoms with Crippen molar-refractivity contribution in [1.82, 2.24) is 24.8 Å². The fraction of sp³-hybridized carbons (Fsp3) is 0.485. The average Bonchev–Trinajstić information content (AvgIpc) is 3.74. The van der Waals surface area contributed by atoms with Crippen molar-refractivity contribution in [3.05, 3.63) is 40.7 Å². The number of fused-ring (bicyclic) bond motifs is 4. The lowest BCUT2D eigenvalue weighted by Crippen LogP contribution is -2.55. The molecule has 3 aliphatic heterocycles. The number of anilines is 2. The van der Waals surface area contributed by atoms with E-state index < -0.39 is 23.3 Å². The number of nitrogens with one attached hydrogen (secondary N) is 1. The lowest BCUT2D eigenvalue weighted by atomic mass is 9.94. The summed E-state index contributed by atoms with van der Waals surface area (Å²) in [6.45, 7) is 10.2. The molecule has 6 heterocycles. The fourth-order valence-electron chi connectivity index (χ4n) is 6.92. The maximum Gasteiger partial charge on any atom is 0.412 e. The van der Waals surface area contributed by atoms with Gasteiger partial charge >= 0.3 is 6.09 Å². The molecule has 2 fully saturated rings. The van der Waals surface area contributed by atoms with Gasteiger partial charge in [-0.25, -0.2) is 23.5 Å². The van der Waals surface area contributed by atoms with Gasteiger partial charge in [-0.15, -0.1) is 11.3 Å². The van der Waals surface area contributed by atoms with Crippen LogP contribution < -0.4 is 10.2 Å². The predicted octanol–water partition coefficient (Wildman–Crippen LogP) is 5.51. The van der Waals surface area contributed by atoms with Crippen molar-refractivity contribution < 1.29 is 23.0 Å². The first-order valence-corrected chi connectivity index (χ1v) is 16.5. The van der Waals surface area contributed by atoms with E-state index in [2.05, 4.69) is 50.1 Å². The molecule has 4 aromatic rings. The highest BCUT2D eigenvalue weighted by Gasteiger charge is 2.37. The number of nitrogens with zero attached hydrogens (tertiary/aromatic N) is 7. The van der Waals surface area contributed by atoms with Crippen LogP contribution >= 0.6 is 11.3 Å². The van der Waals surface area contributed by atoms with Crippen molar-refractivity contribution in [2.75, 3.05) is 57.0 Å². The first kappa shape index (κ1) is 31.6. The maximum atomic E-state index is 16.9. The molecule has 246 valence electrons. The van der Waals surface area contributed by atoms with Gasteiger partial charge in [0.15, 0.2) is 11.6 Å². The number of rotatable bonds is 6. The van der Waals surface area contributed by atoms with Crippen LogP contribution in [-0.2, 0) is 22.7 Å². The number of carbonyl (C=O) groups is 1. The Morgan fingerprint density at radius 2 is 1.96 bits per heavy atom. The molecule has 1 atom stereocenters. The number of thiophene rings is 1. The largest absolute Gasteiger partial charge is 0.444 e. The lowest BCUT2D eigenvalue weighted by molar-refractivity contribution is 0.0464. The van der Waals surface area contributed by atoms with Gasteiger partial charge in [0.2, 0.25) is 5.95 Å². The van der Waals surface area contributed by atoms with Crippen LogP contribution in [0.2, 0.25) is 0 Å². The highest BCUT2D eigenvalue weighted by Crippen LogP contribution is 2.46. The Morgan fingerprint density at radius 3 is 2.68 bits per heavy atom. The van der Waals surface area contributed by atoms with Gasteiger partial charge in [-0.2, -0.15) is 5.26 Å². The normalized spacial score (nSPS) is 18.6. The number of pyridine rings is 1. The number of carbonyl (C=O) groups excluding carboxylic acids is 1. The van der Waals surface area contributed by atoms with Gasteiger partial charge in [-0.1, -0.05) is 0 Å². The molecule has 1 N–H and O–H groups in total. The number of amides is 1. The molecule has 0 saturated carbocycles. The third-order valence-corrected chi connectivity index (χ3v) is 10.0. The SMILES string of the molecule is CN(C)CC1CN([C@@H]2CCN(c3ncc4c5c(c(-c6ncc(F)c7sc(NC(=O)OC(C)(C)C)c(C#N)c67)c(F)c4n3)COC5)C2)C1. The Morgan fingerprint density at radius 1 is 1.19 bits per heavy atom. The van der Waals surface area contributed by atoms with Crippen LogP contribution in [0, 0.1) is 28.9 Å². The summed E-state index contributed by atoms with van der Waals surface area (Å²) in [7, 11) is 4.20. The van der Waals surface area contributed by atoms with Crippen LogP contribution in [0.4, 0.5) is 24.5 Å². The van der Waals surface area contributed by atoms with Gasteiger partial charge in [-0.05, 0) is 58.3 Å². The van der Waals surface area contributed by atoms with Crippen molar-refractivity contribution in [1.29, 1.82) is 5.26 Å². The molecule has 0 unspecified atom stereocenters. The van der Waals surface area contributed by atoms with Crippen LogP contribution in [0.1, 0.15) is 43.9 Å². The number of likely N-dealkylation sites (tertiary alicyclic amines) is 1. The second-order valence-electron chi connectivity index (χ2n) is 13.7. The van der Waals surface area contributed by atoms with Crippen molar-refractivity contribution in [2.45, 2.75) is 52.0 Å². The molecule has 2 saturated heterocycles. The van der Waals surface area contributed by atoms with Gasteiger partial charge in [0.1, 0.15) is 22.2 Å². The van der Waals surface area contributed by atoms with Gasteiger partial charge in [0.25, 0.3) is 0 Å². The quantitative estimate of drug-likeness (QED) is 0.283. The minimum Gasteiger partial charge on any atom is -0.444 e. The van der Waals surface area contributed by atoms with Crippen molar-refractivity contribution in [3.8, 4) is 17.3 Å². The zero-order valence-electron chi connectivity index (χ0n) is 27.0. The molecule has 7 rings (SSSR count). The second-order valence-corrected chi connectivity index (χ2v) is 14.8. The summed E-state index contributed by atoms with van der Waals surface area (Å²) < 4.78 is 43.3. The van der Waals surface area contributed by atoms with Crippen LogP contribution in [0.15, 0.2) is 12.4 Å². The molecule has 1 aromatic carbocycles. The first-order chi connectivity index (χ1) is 22.4. The molecule has 3 aliphatic rings. The van der Waals surface area contributed by atoms with Crippen LogP contribution in [-0.4, -0.2) is 89.3 Å². The highest BCUT2D eigenvalue weighted by molar-refractivity contribution is 7.23. The summed E-state index contributed by atoms with van der Waals surface area (Å²) >= 11 is 0.870. The molecular weight excluding hydrogens is 626 g/mol. The molecule has 11 nitrogen and oxygen atoms in total. The monoisotopic (exact) mass is 662 g/mol. The standard InChI is InChI=1S/C33H36F2N8O3S/c1-33(2,3)46-32(44)40-30-19(8-36)25-28(37-10-23(34)29(25)47-30)24-22-16-45-15-21(22)20-9-38-31(39-27(20)26(24)35)42-7-6-18(14-42)43-12-17(13-43)11-41(4)5/h9-10,17-18H,6-7,11-16H2,1-5H3,(H,40,44)/t18-/m1/s1. The van der Waals surface area contributed by atoms with E-state index >= 15 is 8.78 Å². The average molecular weight is 663 g/mol. The third kappa shape index (κ3) is 5.75. The van der Waals surface area contributed by atoms with Crippen LogP contribution in [0.5, 0.6) is 0 Å². The number of hydrogen-bond donors (Lipinski definition) is 1. The smallest absolute Gasteiger partial charge is 0.412 e. The Balaban J connectivity index is 1.27. The van der Waals surface area contributed by atoms with E-state index in [1.165, 1.54) is 0 Å². The Hall–Kier alpha value is -4.03. The number of hydrogen-bond acceptors (Lipinski definition) is 11. The first-order valence-electron chi connectivity index (χ1n) is 15.6. The number of benzene rings is 1. The highest BCUT2D eigenvalue weighted by atomic mass is 32.1. The van der Waals surface area contributed by atoms with Crippen LogP contribution in [0.25, 0.3) is 32.2 Å². The topological polar surface area (TPSA) is 120 Å². The summed E-state index contributed by atoms with van der Waals surface area (Å²) in [4.78, 5) is 33.2. The zero-order chi connectivity index (χ0) is 33.2. The van der Waals surface area contributed by atoms with E-state index in [0.29, 0.717) is 28.9 Å². The second kappa shape index (κ2) is 11.9. The number of nitriles is 1. The van der Waals surface area contributed by atoms with Gasteiger partial charge in [-0.3, -0.25) is 15.2 Å². The van der Waals surface area contributed by atoms with E-state index in [1.54, 1.807) is 27.0 Å². The van der Waals surface area contributed by atoms with Crippen molar-refractivity contribution >= 4 is 49.4 Å². The molecule has 47 heavy (non-hydrogen) atoms. The van der Waals surface area contributed by atoms with E-state index in [4.69, 9.17) is 14.5 Å². The van der Waals surface area contributed by atoms with E-state index in [-0.39, 0.29) is 50.6 Å². The number of ether oxygens (including phenoxy) is 2. The minimum absolute atomic E-state index is 0.0321. The minimum atomic E-state index is -0.794. The van der Waals surface area contributed by atoms with E-state index in [0.717, 1.165) is 62.2 Å². The summed E-state index contributed by atoms with van der Waals surface area (Å²) in [5, 5.41) is 13.5. The Labute approximate surface area is 275 Å². The zero-order valence-corrected chi connectivity index (χ0v) is 27.8. The summed E-state index contributed by atoms with van der Waals surface area (Å²) in [6.07, 6.45) is 2.85. The van der Waals surface area contributed by atoms with E-state index in [1.807, 2.05) is 0 Å². The van der Waals surface area contributed by atoms with E-state index in [9.17, 15) is 10.1 Å². The molecular formula is C33H36F2N8O3S.